The van der Waals surface area contributed by atoms with Gasteiger partial charge in [0.2, 0.25) is 0 Å². The molecule has 3 rings (SSSR count). The van der Waals surface area contributed by atoms with Crippen molar-refractivity contribution in [3.63, 3.8) is 0 Å². The summed E-state index contributed by atoms with van der Waals surface area (Å²) in [6, 6.07) is 13.1. The summed E-state index contributed by atoms with van der Waals surface area (Å²) in [4.78, 5) is 0. The van der Waals surface area contributed by atoms with Gasteiger partial charge in [0.1, 0.15) is 0 Å². The summed E-state index contributed by atoms with van der Waals surface area (Å²) in [7, 11) is 3.50. The van der Waals surface area contributed by atoms with Gasteiger partial charge in [0, 0.05) is 42.4 Å². The molecule has 0 aliphatic rings. The Labute approximate surface area is 123 Å². The molecule has 108 valence electrons. The summed E-state index contributed by atoms with van der Waals surface area (Å²) >= 11 is 0. The summed E-state index contributed by atoms with van der Waals surface area (Å²) in [5.41, 5.74) is 3.24. The maximum absolute atomic E-state index is 13.4. The van der Waals surface area contributed by atoms with Crippen LogP contribution in [0.4, 0.5) is 10.1 Å². The topological polar surface area (TPSA) is 26.2 Å². The smallest absolute Gasteiger partial charge is 0.165 e. The third kappa shape index (κ3) is 2.57. The Morgan fingerprint density at radius 3 is 2.81 bits per heavy atom. The molecular weight excluding hydrogens is 267 g/mol. The van der Waals surface area contributed by atoms with Crippen molar-refractivity contribution < 1.29 is 9.13 Å². The molecule has 2 aromatic carbocycles. The number of hydrogen-bond acceptors (Lipinski definition) is 2. The number of nitrogens with zero attached hydrogens (tertiary/aromatic N) is 1. The maximum Gasteiger partial charge on any atom is 0.165 e. The Balaban J connectivity index is 1.83. The molecule has 1 aromatic heterocycles. The molecule has 0 saturated heterocycles. The summed E-state index contributed by atoms with van der Waals surface area (Å²) in [5, 5.41) is 4.53. The fraction of sp³-hybridized carbons (Fsp3) is 0.176. The standard InChI is InChI=1S/C17H17FN2O/c1-20-11-12(14-5-3-4-6-16(14)20)10-19-13-7-8-15(18)17(9-13)21-2/h3-9,11,19H,10H2,1-2H3. The largest absolute Gasteiger partial charge is 0.494 e. The molecule has 0 bridgehead atoms. The fourth-order valence-corrected chi connectivity index (χ4v) is 2.53. The van der Waals surface area contributed by atoms with E-state index in [1.54, 1.807) is 12.1 Å². The summed E-state index contributed by atoms with van der Waals surface area (Å²) in [6.07, 6.45) is 2.11. The second-order valence-electron chi connectivity index (χ2n) is 4.99. The van der Waals surface area contributed by atoms with Crippen LogP contribution in [-0.2, 0) is 13.6 Å². The van der Waals surface area contributed by atoms with E-state index in [-0.39, 0.29) is 11.6 Å². The molecule has 4 heteroatoms. The second-order valence-corrected chi connectivity index (χ2v) is 4.99. The first-order valence-corrected chi connectivity index (χ1v) is 6.79. The van der Waals surface area contributed by atoms with Crippen LogP contribution in [0, 0.1) is 5.82 Å². The number of aryl methyl sites for hydroxylation is 1. The molecule has 0 atom stereocenters. The number of hydrogen-bond donors (Lipinski definition) is 1. The third-order valence-electron chi connectivity index (χ3n) is 3.61. The van der Waals surface area contributed by atoms with Gasteiger partial charge in [-0.1, -0.05) is 18.2 Å². The van der Waals surface area contributed by atoms with E-state index < -0.39 is 0 Å². The Bertz CT molecular complexity index is 780. The molecule has 0 radical (unpaired) electrons. The molecule has 3 nitrogen and oxygen atoms in total. The van der Waals surface area contributed by atoms with Crippen molar-refractivity contribution in [1.29, 1.82) is 0 Å². The highest BCUT2D eigenvalue weighted by molar-refractivity contribution is 5.84. The van der Waals surface area contributed by atoms with E-state index in [0.29, 0.717) is 6.54 Å². The number of ether oxygens (including phenoxy) is 1. The van der Waals surface area contributed by atoms with E-state index in [0.717, 1.165) is 5.69 Å². The van der Waals surface area contributed by atoms with E-state index in [9.17, 15) is 4.39 Å². The number of fused-ring (bicyclic) bond motifs is 1. The van der Waals surface area contributed by atoms with Crippen LogP contribution < -0.4 is 10.1 Å². The molecule has 0 saturated carbocycles. The van der Waals surface area contributed by atoms with Gasteiger partial charge in [-0.2, -0.15) is 0 Å². The molecular formula is C17H17FN2O. The van der Waals surface area contributed by atoms with E-state index in [1.165, 1.54) is 29.6 Å². The van der Waals surface area contributed by atoms with Crippen LogP contribution in [0.25, 0.3) is 10.9 Å². The number of nitrogens with one attached hydrogen (secondary N) is 1. The SMILES string of the molecule is COc1cc(NCc2cn(C)c3ccccc23)ccc1F. The molecule has 0 spiro atoms. The predicted octanol–water partition coefficient (Wildman–Crippen LogP) is 3.94. The minimum Gasteiger partial charge on any atom is -0.494 e. The van der Waals surface area contributed by atoms with Crippen LogP contribution in [0.15, 0.2) is 48.7 Å². The van der Waals surface area contributed by atoms with Gasteiger partial charge in [0.15, 0.2) is 11.6 Å². The van der Waals surface area contributed by atoms with Gasteiger partial charge in [-0.25, -0.2) is 4.39 Å². The minimum atomic E-state index is -0.354. The van der Waals surface area contributed by atoms with Gasteiger partial charge >= 0.3 is 0 Å². The quantitative estimate of drug-likeness (QED) is 0.785. The summed E-state index contributed by atoms with van der Waals surface area (Å²) in [6.45, 7) is 0.677. The van der Waals surface area contributed by atoms with Gasteiger partial charge in [-0.15, -0.1) is 0 Å². The number of halogens is 1. The molecule has 0 aliphatic carbocycles. The molecule has 1 heterocycles. The lowest BCUT2D eigenvalue weighted by atomic mass is 10.1. The Kier molecular flexibility index (Phi) is 3.52. The molecule has 0 aliphatic heterocycles. The van der Waals surface area contributed by atoms with Crippen LogP contribution in [0.3, 0.4) is 0 Å². The second kappa shape index (κ2) is 5.48. The van der Waals surface area contributed by atoms with Crippen molar-refractivity contribution in [1.82, 2.24) is 4.57 Å². The first kappa shape index (κ1) is 13.5. The number of rotatable bonds is 4. The first-order valence-electron chi connectivity index (χ1n) is 6.79. The predicted molar refractivity (Wildman–Crippen MR) is 83.2 cm³/mol. The monoisotopic (exact) mass is 284 g/mol. The molecule has 0 amide bonds. The van der Waals surface area contributed by atoms with Gasteiger partial charge in [-0.05, 0) is 23.8 Å². The van der Waals surface area contributed by atoms with E-state index in [1.807, 2.05) is 19.2 Å². The van der Waals surface area contributed by atoms with Gasteiger partial charge < -0.3 is 14.6 Å². The van der Waals surface area contributed by atoms with Crippen LogP contribution in [0.2, 0.25) is 0 Å². The van der Waals surface area contributed by atoms with Gasteiger partial charge in [-0.3, -0.25) is 0 Å². The lowest BCUT2D eigenvalue weighted by Gasteiger charge is -2.08. The highest BCUT2D eigenvalue weighted by atomic mass is 19.1. The van der Waals surface area contributed by atoms with E-state index in [4.69, 9.17) is 4.74 Å². The van der Waals surface area contributed by atoms with E-state index >= 15 is 0 Å². The van der Waals surface area contributed by atoms with Crippen LogP contribution in [0.1, 0.15) is 5.56 Å². The van der Waals surface area contributed by atoms with Crippen molar-refractivity contribution in [3.05, 3.63) is 60.0 Å². The van der Waals surface area contributed by atoms with E-state index in [2.05, 4.69) is 28.2 Å². The van der Waals surface area contributed by atoms with Crippen molar-refractivity contribution in [2.75, 3.05) is 12.4 Å². The Morgan fingerprint density at radius 2 is 2.00 bits per heavy atom. The van der Waals surface area contributed by atoms with Crippen molar-refractivity contribution in [2.45, 2.75) is 6.54 Å². The number of aromatic nitrogens is 1. The number of anilines is 1. The Hall–Kier alpha value is -2.49. The highest BCUT2D eigenvalue weighted by Crippen LogP contribution is 2.24. The minimum absolute atomic E-state index is 0.248. The number of benzene rings is 2. The lowest BCUT2D eigenvalue weighted by Crippen LogP contribution is -1.99. The zero-order valence-corrected chi connectivity index (χ0v) is 12.1. The number of para-hydroxylation sites is 1. The normalized spacial score (nSPS) is 10.8. The van der Waals surface area contributed by atoms with Crippen LogP contribution in [-0.4, -0.2) is 11.7 Å². The molecule has 1 N–H and O–H groups in total. The van der Waals surface area contributed by atoms with Crippen molar-refractivity contribution in [2.24, 2.45) is 7.05 Å². The maximum atomic E-state index is 13.4. The molecule has 3 aromatic rings. The van der Waals surface area contributed by atoms with Crippen LogP contribution in [0.5, 0.6) is 5.75 Å². The van der Waals surface area contributed by atoms with Gasteiger partial charge in [0.05, 0.1) is 7.11 Å². The number of methoxy groups -OCH3 is 1. The molecule has 0 fully saturated rings. The molecule has 21 heavy (non-hydrogen) atoms. The summed E-state index contributed by atoms with van der Waals surface area (Å²) in [5.74, 6) is -0.105. The third-order valence-corrected chi connectivity index (χ3v) is 3.61. The van der Waals surface area contributed by atoms with Crippen molar-refractivity contribution >= 4 is 16.6 Å². The van der Waals surface area contributed by atoms with Crippen molar-refractivity contribution in [3.8, 4) is 5.75 Å². The highest BCUT2D eigenvalue weighted by Gasteiger charge is 2.07. The zero-order chi connectivity index (χ0) is 14.8. The molecule has 0 unspecified atom stereocenters. The lowest BCUT2D eigenvalue weighted by molar-refractivity contribution is 0.387. The average molecular weight is 284 g/mol. The summed E-state index contributed by atoms with van der Waals surface area (Å²) < 4.78 is 20.5. The first-order chi connectivity index (χ1) is 10.2. The van der Waals surface area contributed by atoms with Gasteiger partial charge in [0.25, 0.3) is 0 Å². The zero-order valence-electron chi connectivity index (χ0n) is 12.1. The van der Waals surface area contributed by atoms with Crippen LogP contribution >= 0.6 is 0 Å². The fourth-order valence-electron chi connectivity index (χ4n) is 2.53. The average Bonchev–Trinajstić information content (AvgIpc) is 2.83. The Morgan fingerprint density at radius 1 is 1.19 bits per heavy atom.